The van der Waals surface area contributed by atoms with E-state index in [1.165, 1.54) is 50.0 Å². The van der Waals surface area contributed by atoms with Gasteiger partial charge in [-0.1, -0.05) is 32.6 Å². The van der Waals surface area contributed by atoms with Crippen LogP contribution in [0.2, 0.25) is 0 Å². The SMILES string of the molecule is C=C(C)C1C2CCC2C1C(=C)N1CCC(C)(C)CC1. The van der Waals surface area contributed by atoms with Crippen LogP contribution in [0.4, 0.5) is 0 Å². The predicted molar refractivity (Wildman–Crippen MR) is 81.7 cm³/mol. The van der Waals surface area contributed by atoms with E-state index in [0.717, 1.165) is 23.7 Å². The molecule has 1 aliphatic heterocycles. The van der Waals surface area contributed by atoms with E-state index in [4.69, 9.17) is 0 Å². The molecule has 3 aliphatic rings. The maximum absolute atomic E-state index is 4.48. The number of hydrogen-bond acceptors (Lipinski definition) is 1. The van der Waals surface area contributed by atoms with Crippen LogP contribution in [0.15, 0.2) is 24.4 Å². The van der Waals surface area contributed by atoms with Gasteiger partial charge in [-0.05, 0) is 55.8 Å². The van der Waals surface area contributed by atoms with E-state index in [9.17, 15) is 0 Å². The summed E-state index contributed by atoms with van der Waals surface area (Å²) < 4.78 is 0. The van der Waals surface area contributed by atoms with Crippen molar-refractivity contribution in [3.8, 4) is 0 Å². The minimum atomic E-state index is 0.531. The number of likely N-dealkylation sites (tertiary alicyclic amines) is 1. The Hall–Kier alpha value is -0.720. The van der Waals surface area contributed by atoms with E-state index in [0.29, 0.717) is 5.41 Å². The quantitative estimate of drug-likeness (QED) is 0.676. The second kappa shape index (κ2) is 4.40. The van der Waals surface area contributed by atoms with Gasteiger partial charge in [0, 0.05) is 24.7 Å². The van der Waals surface area contributed by atoms with E-state index < -0.39 is 0 Å². The Bertz CT molecular complexity index is 396. The van der Waals surface area contributed by atoms with Crippen molar-refractivity contribution in [2.24, 2.45) is 29.1 Å². The molecule has 3 fully saturated rings. The van der Waals surface area contributed by atoms with Crippen molar-refractivity contribution < 1.29 is 0 Å². The molecule has 19 heavy (non-hydrogen) atoms. The van der Waals surface area contributed by atoms with E-state index in [-0.39, 0.29) is 0 Å². The lowest BCUT2D eigenvalue weighted by Gasteiger charge is -2.62. The van der Waals surface area contributed by atoms with Crippen molar-refractivity contribution in [2.45, 2.75) is 46.5 Å². The van der Waals surface area contributed by atoms with Crippen LogP contribution in [-0.4, -0.2) is 18.0 Å². The minimum absolute atomic E-state index is 0.531. The molecule has 0 aromatic heterocycles. The van der Waals surface area contributed by atoms with Crippen molar-refractivity contribution in [3.63, 3.8) is 0 Å². The Morgan fingerprint density at radius 2 is 1.53 bits per heavy atom. The molecule has 0 amide bonds. The van der Waals surface area contributed by atoms with Crippen LogP contribution in [0.25, 0.3) is 0 Å². The van der Waals surface area contributed by atoms with Crippen molar-refractivity contribution in [3.05, 3.63) is 24.4 Å². The lowest BCUT2D eigenvalue weighted by molar-refractivity contribution is -0.0754. The van der Waals surface area contributed by atoms with Gasteiger partial charge in [-0.15, -0.1) is 0 Å². The summed E-state index contributed by atoms with van der Waals surface area (Å²) in [6, 6.07) is 0. The first-order valence-electron chi connectivity index (χ1n) is 8.00. The van der Waals surface area contributed by atoms with Gasteiger partial charge in [-0.2, -0.15) is 0 Å². The fourth-order valence-corrected chi connectivity index (χ4v) is 4.57. The first kappa shape index (κ1) is 13.3. The van der Waals surface area contributed by atoms with Gasteiger partial charge in [0.15, 0.2) is 0 Å². The molecule has 3 rings (SSSR count). The van der Waals surface area contributed by atoms with Crippen LogP contribution >= 0.6 is 0 Å². The third kappa shape index (κ3) is 2.06. The van der Waals surface area contributed by atoms with E-state index in [2.05, 4.69) is 38.8 Å². The minimum Gasteiger partial charge on any atom is -0.375 e. The summed E-state index contributed by atoms with van der Waals surface area (Å²) >= 11 is 0. The topological polar surface area (TPSA) is 3.24 Å². The lowest BCUT2D eigenvalue weighted by Crippen LogP contribution is -2.56. The normalized spacial score (nSPS) is 39.8. The Balaban J connectivity index is 1.66. The number of hydrogen-bond donors (Lipinski definition) is 0. The summed E-state index contributed by atoms with van der Waals surface area (Å²) in [5.74, 6) is 3.34. The van der Waals surface area contributed by atoms with Crippen LogP contribution in [0.3, 0.4) is 0 Å². The van der Waals surface area contributed by atoms with E-state index >= 15 is 0 Å². The molecular weight excluding hydrogens is 230 g/mol. The molecule has 0 aromatic rings. The summed E-state index contributed by atoms with van der Waals surface area (Å²) in [5.41, 5.74) is 3.36. The maximum Gasteiger partial charge on any atom is 0.0180 e. The zero-order valence-corrected chi connectivity index (χ0v) is 12.9. The highest BCUT2D eigenvalue weighted by atomic mass is 15.1. The molecule has 0 aromatic carbocycles. The smallest absolute Gasteiger partial charge is 0.0180 e. The maximum atomic E-state index is 4.48. The van der Waals surface area contributed by atoms with Gasteiger partial charge in [-0.25, -0.2) is 0 Å². The molecule has 0 radical (unpaired) electrons. The van der Waals surface area contributed by atoms with Crippen LogP contribution in [0, 0.1) is 29.1 Å². The van der Waals surface area contributed by atoms with Crippen LogP contribution in [0.1, 0.15) is 46.5 Å². The predicted octanol–water partition coefficient (Wildman–Crippen LogP) is 4.47. The van der Waals surface area contributed by atoms with Crippen LogP contribution < -0.4 is 0 Å². The molecule has 1 saturated heterocycles. The fourth-order valence-electron chi connectivity index (χ4n) is 4.57. The fraction of sp³-hybridized carbons (Fsp3) is 0.778. The standard InChI is InChI=1S/C18H29N/c1-12(2)16-14-6-7-15(14)17(16)13(3)19-10-8-18(4,5)9-11-19/h14-17H,1,3,6-11H2,2,4-5H3. The summed E-state index contributed by atoms with van der Waals surface area (Å²) in [7, 11) is 0. The molecule has 4 unspecified atom stereocenters. The molecule has 2 saturated carbocycles. The average molecular weight is 259 g/mol. The molecule has 0 spiro atoms. The van der Waals surface area contributed by atoms with Crippen molar-refractivity contribution >= 4 is 0 Å². The summed E-state index contributed by atoms with van der Waals surface area (Å²) in [4.78, 5) is 2.58. The van der Waals surface area contributed by atoms with E-state index in [1.54, 1.807) is 0 Å². The Kier molecular flexibility index (Phi) is 3.07. The van der Waals surface area contributed by atoms with Crippen LogP contribution in [0.5, 0.6) is 0 Å². The van der Waals surface area contributed by atoms with Gasteiger partial charge >= 0.3 is 0 Å². The van der Waals surface area contributed by atoms with Crippen molar-refractivity contribution in [1.29, 1.82) is 0 Å². The molecule has 4 atom stereocenters. The molecule has 0 bridgehead atoms. The summed E-state index contributed by atoms with van der Waals surface area (Å²) in [5, 5.41) is 0. The molecule has 1 heteroatoms. The second-order valence-corrected chi connectivity index (χ2v) is 7.95. The molecule has 1 nitrogen and oxygen atoms in total. The Labute approximate surface area is 118 Å². The Morgan fingerprint density at radius 1 is 1.00 bits per heavy atom. The zero-order valence-electron chi connectivity index (χ0n) is 12.9. The largest absolute Gasteiger partial charge is 0.375 e. The highest BCUT2D eigenvalue weighted by Gasteiger charge is 2.56. The monoisotopic (exact) mass is 259 g/mol. The highest BCUT2D eigenvalue weighted by Crippen LogP contribution is 2.63. The number of nitrogens with zero attached hydrogens (tertiary/aromatic N) is 1. The summed E-state index contributed by atoms with van der Waals surface area (Å²) in [6.07, 6.45) is 5.48. The third-order valence-electron chi connectivity index (χ3n) is 6.17. The molecular formula is C18H29N. The van der Waals surface area contributed by atoms with Gasteiger partial charge in [0.2, 0.25) is 0 Å². The van der Waals surface area contributed by atoms with Gasteiger partial charge in [-0.3, -0.25) is 0 Å². The molecule has 106 valence electrons. The zero-order chi connectivity index (χ0) is 13.8. The third-order valence-corrected chi connectivity index (χ3v) is 6.17. The first-order chi connectivity index (χ1) is 8.91. The van der Waals surface area contributed by atoms with E-state index in [1.807, 2.05) is 0 Å². The second-order valence-electron chi connectivity index (χ2n) is 7.95. The highest BCUT2D eigenvalue weighted by molar-refractivity contribution is 5.24. The first-order valence-corrected chi connectivity index (χ1v) is 8.00. The Morgan fingerprint density at radius 3 is 2.00 bits per heavy atom. The van der Waals surface area contributed by atoms with Gasteiger partial charge in [0.25, 0.3) is 0 Å². The van der Waals surface area contributed by atoms with Crippen molar-refractivity contribution in [1.82, 2.24) is 4.90 Å². The average Bonchev–Trinajstić information content (AvgIpc) is 2.30. The van der Waals surface area contributed by atoms with Gasteiger partial charge in [0.1, 0.15) is 0 Å². The number of allylic oxidation sites excluding steroid dienone is 2. The number of piperidine rings is 1. The molecule has 1 heterocycles. The lowest BCUT2D eigenvalue weighted by atomic mass is 9.45. The van der Waals surface area contributed by atoms with Crippen molar-refractivity contribution in [2.75, 3.05) is 13.1 Å². The molecule has 0 N–H and O–H groups in total. The van der Waals surface area contributed by atoms with Crippen LogP contribution in [-0.2, 0) is 0 Å². The van der Waals surface area contributed by atoms with Gasteiger partial charge < -0.3 is 4.90 Å². The molecule has 2 aliphatic carbocycles. The summed E-state index contributed by atoms with van der Waals surface area (Å²) in [6.45, 7) is 18.2. The number of fused-ring (bicyclic) bond motifs is 1. The number of rotatable bonds is 3. The van der Waals surface area contributed by atoms with Gasteiger partial charge in [0.05, 0.1) is 0 Å².